The van der Waals surface area contributed by atoms with Crippen LogP contribution in [-0.4, -0.2) is 75.0 Å². The molecule has 10 nitrogen and oxygen atoms in total. The number of pyridine rings is 1. The van der Waals surface area contributed by atoms with Gasteiger partial charge in [-0.25, -0.2) is 0 Å². The van der Waals surface area contributed by atoms with Gasteiger partial charge >= 0.3 is 6.18 Å². The third-order valence-corrected chi connectivity index (χ3v) is 5.88. The van der Waals surface area contributed by atoms with Crippen molar-refractivity contribution >= 4 is 52.6 Å². The summed E-state index contributed by atoms with van der Waals surface area (Å²) in [5, 5.41) is 9.55. The number of aromatic nitrogens is 2. The highest BCUT2D eigenvalue weighted by Gasteiger charge is 2.30. The van der Waals surface area contributed by atoms with Gasteiger partial charge in [-0.3, -0.25) is 14.8 Å². The molecule has 0 aliphatic rings. The molecule has 3 N–H and O–H groups in total. The van der Waals surface area contributed by atoms with Crippen molar-refractivity contribution in [2.24, 2.45) is 17.0 Å². The molecule has 0 saturated carbocycles. The summed E-state index contributed by atoms with van der Waals surface area (Å²) in [6.45, 7) is 6.55. The molecule has 0 spiro atoms. The third-order valence-electron chi connectivity index (χ3n) is 5.88. The molecule has 0 aliphatic carbocycles. The SMILES string of the molecule is C=CC(=O)Nc1cc(NCN=C/C=C(\N=C)c2cn(C)c3ccccc23)c(OCC(F)(F)F)nc1N(C)CCNC. The number of nitrogens with one attached hydrogen (secondary N) is 3. The quantitative estimate of drug-likeness (QED) is 0.195. The maximum absolute atomic E-state index is 13.0. The van der Waals surface area contributed by atoms with E-state index in [1.165, 1.54) is 12.3 Å². The molecule has 3 aromatic rings. The Kier molecular flexibility index (Phi) is 10.6. The Bertz CT molecular complexity index is 1450. The van der Waals surface area contributed by atoms with Gasteiger partial charge in [0, 0.05) is 56.1 Å². The van der Waals surface area contributed by atoms with Crippen LogP contribution in [0, 0.1) is 0 Å². The van der Waals surface area contributed by atoms with Crippen molar-refractivity contribution in [2.75, 3.05) is 56.0 Å². The van der Waals surface area contributed by atoms with E-state index in [1.54, 1.807) is 25.1 Å². The maximum atomic E-state index is 13.0. The predicted octanol–water partition coefficient (Wildman–Crippen LogP) is 4.48. The Morgan fingerprint density at radius 1 is 1.27 bits per heavy atom. The standard InChI is InChI=1S/C28H33F3N8O2/c1-6-25(40)36-22-15-23(27(41-17-28(29,30)31)37-26(22)38(4)14-13-32-2)35-18-34-12-11-21(33-3)20-16-39(5)24-10-8-7-9-19(20)24/h6-12,15-16,32,35H,1,3,13-14,17-18H2,2,4-5H3,(H,36,40)/b21-11-,34-12?. The van der Waals surface area contributed by atoms with Crippen molar-refractivity contribution < 1.29 is 22.7 Å². The molecule has 0 saturated heterocycles. The number of hydrogen-bond donors (Lipinski definition) is 3. The smallest absolute Gasteiger partial charge is 0.422 e. The Balaban J connectivity index is 1.88. The number of rotatable bonds is 14. The van der Waals surface area contributed by atoms with Crippen molar-refractivity contribution in [1.82, 2.24) is 14.9 Å². The fourth-order valence-electron chi connectivity index (χ4n) is 3.91. The number of benzene rings is 1. The minimum Gasteiger partial charge on any atom is -0.466 e. The first-order chi connectivity index (χ1) is 19.6. The van der Waals surface area contributed by atoms with Crippen LogP contribution in [0.2, 0.25) is 0 Å². The second kappa shape index (κ2) is 14.1. The molecule has 1 amide bonds. The molecule has 0 radical (unpaired) electrons. The largest absolute Gasteiger partial charge is 0.466 e. The van der Waals surface area contributed by atoms with Gasteiger partial charge in [0.2, 0.25) is 11.8 Å². The Hall–Kier alpha value is -4.65. The topological polar surface area (TPSA) is 108 Å². The maximum Gasteiger partial charge on any atom is 0.422 e. The lowest BCUT2D eigenvalue weighted by molar-refractivity contribution is -0.153. The van der Waals surface area contributed by atoms with Crippen molar-refractivity contribution in [1.29, 1.82) is 0 Å². The van der Waals surface area contributed by atoms with Crippen LogP contribution in [0.4, 0.5) is 30.4 Å². The molecule has 0 fully saturated rings. The van der Waals surface area contributed by atoms with E-state index in [1.807, 2.05) is 42.1 Å². The molecular weight excluding hydrogens is 537 g/mol. The second-order valence-electron chi connectivity index (χ2n) is 8.88. The van der Waals surface area contributed by atoms with E-state index in [0.29, 0.717) is 18.8 Å². The van der Waals surface area contributed by atoms with Gasteiger partial charge in [-0.15, -0.1) is 0 Å². The van der Waals surface area contributed by atoms with E-state index in [9.17, 15) is 18.0 Å². The van der Waals surface area contributed by atoms with Gasteiger partial charge in [-0.2, -0.15) is 18.2 Å². The summed E-state index contributed by atoms with van der Waals surface area (Å²) in [5.74, 6) is -0.576. The number of aliphatic imine (C=N–C) groups is 2. The van der Waals surface area contributed by atoms with Gasteiger partial charge in [-0.05, 0) is 38.0 Å². The van der Waals surface area contributed by atoms with Gasteiger partial charge < -0.3 is 30.2 Å². The number of anilines is 3. The molecule has 3 rings (SSSR count). The summed E-state index contributed by atoms with van der Waals surface area (Å²) in [6, 6.07) is 9.32. The second-order valence-corrected chi connectivity index (χ2v) is 8.88. The highest BCUT2D eigenvalue weighted by molar-refractivity contribution is 6.01. The van der Waals surface area contributed by atoms with Crippen molar-refractivity contribution in [2.45, 2.75) is 6.18 Å². The van der Waals surface area contributed by atoms with Gasteiger partial charge in [0.15, 0.2) is 12.4 Å². The van der Waals surface area contributed by atoms with Gasteiger partial charge in [0.1, 0.15) is 12.4 Å². The van der Waals surface area contributed by atoms with Crippen LogP contribution in [0.15, 0.2) is 65.2 Å². The molecule has 218 valence electrons. The zero-order valence-corrected chi connectivity index (χ0v) is 23.1. The van der Waals surface area contributed by atoms with Crippen LogP contribution >= 0.6 is 0 Å². The lowest BCUT2D eigenvalue weighted by Gasteiger charge is -2.23. The summed E-state index contributed by atoms with van der Waals surface area (Å²) in [6.07, 6.45) is 1.65. The molecule has 0 aliphatic heterocycles. The molecule has 2 aromatic heterocycles. The number of nitrogens with zero attached hydrogens (tertiary/aromatic N) is 5. The first-order valence-corrected chi connectivity index (χ1v) is 12.6. The van der Waals surface area contributed by atoms with Crippen LogP contribution < -0.4 is 25.6 Å². The number of alkyl halides is 3. The van der Waals surface area contributed by atoms with Crippen molar-refractivity contribution in [3.05, 3.63) is 60.8 Å². The van der Waals surface area contributed by atoms with Gasteiger partial charge in [0.25, 0.3) is 0 Å². The lowest BCUT2D eigenvalue weighted by atomic mass is 10.1. The average Bonchev–Trinajstić information content (AvgIpc) is 3.28. The molecule has 0 bridgehead atoms. The number of para-hydroxylation sites is 1. The molecule has 0 unspecified atom stereocenters. The van der Waals surface area contributed by atoms with Crippen LogP contribution in [0.5, 0.6) is 5.88 Å². The van der Waals surface area contributed by atoms with Gasteiger partial charge in [0.05, 0.1) is 11.4 Å². The van der Waals surface area contributed by atoms with Crippen molar-refractivity contribution in [3.63, 3.8) is 0 Å². The molecule has 2 heterocycles. The summed E-state index contributed by atoms with van der Waals surface area (Å²) < 4.78 is 46.0. The zero-order valence-electron chi connectivity index (χ0n) is 23.1. The molecule has 13 heteroatoms. The van der Waals surface area contributed by atoms with E-state index in [0.717, 1.165) is 22.5 Å². The number of fused-ring (bicyclic) bond motifs is 1. The number of aryl methyl sites for hydroxylation is 1. The number of halogens is 3. The van der Waals surface area contributed by atoms with Crippen LogP contribution in [0.25, 0.3) is 16.6 Å². The van der Waals surface area contributed by atoms with E-state index >= 15 is 0 Å². The minimum absolute atomic E-state index is 0.0374. The summed E-state index contributed by atoms with van der Waals surface area (Å²) >= 11 is 0. The molecule has 0 atom stereocenters. The number of allylic oxidation sites excluding steroid dienone is 1. The highest BCUT2D eigenvalue weighted by Crippen LogP contribution is 2.34. The number of hydrogen-bond acceptors (Lipinski definition) is 8. The van der Waals surface area contributed by atoms with E-state index in [4.69, 9.17) is 4.74 Å². The minimum atomic E-state index is -4.58. The van der Waals surface area contributed by atoms with E-state index in [2.05, 4.69) is 44.2 Å². The summed E-state index contributed by atoms with van der Waals surface area (Å²) in [7, 11) is 5.40. The van der Waals surface area contributed by atoms with Crippen LogP contribution in [-0.2, 0) is 11.8 Å². The number of amides is 1. The zero-order chi connectivity index (χ0) is 30.0. The molecular formula is C28H33F3N8O2. The van der Waals surface area contributed by atoms with Crippen LogP contribution in [0.1, 0.15) is 5.56 Å². The Labute approximate surface area is 236 Å². The third kappa shape index (κ3) is 8.42. The first kappa shape index (κ1) is 30.9. The summed E-state index contributed by atoms with van der Waals surface area (Å²) in [5.41, 5.74) is 2.88. The molecule has 1 aromatic carbocycles. The van der Waals surface area contributed by atoms with Gasteiger partial charge in [-0.1, -0.05) is 24.8 Å². The number of carbonyl (C=O) groups is 1. The fraction of sp³-hybridized carbons (Fsp3) is 0.286. The monoisotopic (exact) mass is 570 g/mol. The summed E-state index contributed by atoms with van der Waals surface area (Å²) in [4.78, 5) is 26.5. The average molecular weight is 571 g/mol. The Morgan fingerprint density at radius 3 is 2.71 bits per heavy atom. The van der Waals surface area contributed by atoms with E-state index in [-0.39, 0.29) is 29.7 Å². The normalized spacial score (nSPS) is 12.0. The van der Waals surface area contributed by atoms with E-state index < -0.39 is 18.7 Å². The Morgan fingerprint density at radius 2 is 2.02 bits per heavy atom. The predicted molar refractivity (Wildman–Crippen MR) is 159 cm³/mol. The fourth-order valence-corrected chi connectivity index (χ4v) is 3.91. The number of ether oxygens (including phenoxy) is 1. The number of likely N-dealkylation sites (N-methyl/N-ethyl adjacent to an activating group) is 2. The highest BCUT2D eigenvalue weighted by atomic mass is 19.4. The first-order valence-electron chi connectivity index (χ1n) is 12.6. The molecule has 41 heavy (non-hydrogen) atoms. The number of carbonyl (C=O) groups excluding carboxylic acids is 1. The van der Waals surface area contributed by atoms with Crippen LogP contribution in [0.3, 0.4) is 0 Å². The van der Waals surface area contributed by atoms with Crippen molar-refractivity contribution in [3.8, 4) is 5.88 Å². The lowest BCUT2D eigenvalue weighted by Crippen LogP contribution is -2.29.